The Labute approximate surface area is 78.0 Å². The Hall–Kier alpha value is 0.467. The number of alkyl halides is 1. The topological polar surface area (TPSA) is 9.23 Å². The maximum Gasteiger partial charge on any atom is 0.146 e. The standard InChI is InChI=1S/C8H19ClOSi/c1-3-8(4-2,10-11)6-5-7-9/h3-7H2,1-2,11H3. The first-order valence-corrected chi connectivity index (χ1v) is 5.71. The molecule has 0 amide bonds. The van der Waals surface area contributed by atoms with Gasteiger partial charge in [0, 0.05) is 5.88 Å². The van der Waals surface area contributed by atoms with E-state index in [-0.39, 0.29) is 5.60 Å². The molecule has 0 N–H and O–H groups in total. The van der Waals surface area contributed by atoms with Crippen LogP contribution in [0.3, 0.4) is 0 Å². The van der Waals surface area contributed by atoms with Gasteiger partial charge in [-0.15, -0.1) is 11.6 Å². The van der Waals surface area contributed by atoms with E-state index in [1.807, 2.05) is 0 Å². The molecule has 0 fully saturated rings. The minimum Gasteiger partial charge on any atom is -0.422 e. The normalized spacial score (nSPS) is 12.3. The van der Waals surface area contributed by atoms with Crippen molar-refractivity contribution in [2.45, 2.75) is 45.1 Å². The van der Waals surface area contributed by atoms with Crippen molar-refractivity contribution in [3.05, 3.63) is 0 Å². The van der Waals surface area contributed by atoms with Crippen molar-refractivity contribution < 1.29 is 4.43 Å². The lowest BCUT2D eigenvalue weighted by atomic mass is 9.92. The van der Waals surface area contributed by atoms with Crippen LogP contribution in [0.15, 0.2) is 0 Å². The molecular formula is C8H19ClOSi. The molecule has 0 aliphatic rings. The van der Waals surface area contributed by atoms with Gasteiger partial charge in [-0.1, -0.05) is 13.8 Å². The molecule has 11 heavy (non-hydrogen) atoms. The number of hydrogen-bond acceptors (Lipinski definition) is 1. The third-order valence-electron chi connectivity index (χ3n) is 2.49. The Balaban J connectivity index is 3.84. The Morgan fingerprint density at radius 2 is 1.91 bits per heavy atom. The smallest absolute Gasteiger partial charge is 0.146 e. The van der Waals surface area contributed by atoms with Gasteiger partial charge >= 0.3 is 0 Å². The van der Waals surface area contributed by atoms with Gasteiger partial charge < -0.3 is 4.43 Å². The lowest BCUT2D eigenvalue weighted by Crippen LogP contribution is -2.30. The third-order valence-corrected chi connectivity index (χ3v) is 3.62. The second kappa shape index (κ2) is 6.04. The fraction of sp³-hybridized carbons (Fsp3) is 1.00. The maximum atomic E-state index is 5.63. The molecule has 68 valence electrons. The van der Waals surface area contributed by atoms with E-state index in [9.17, 15) is 0 Å². The molecule has 0 heterocycles. The van der Waals surface area contributed by atoms with E-state index < -0.39 is 0 Å². The van der Waals surface area contributed by atoms with Crippen LogP contribution >= 0.6 is 11.6 Å². The SMILES string of the molecule is CCC(CC)(CCCCl)O[SiH3]. The first-order valence-electron chi connectivity index (χ1n) is 4.35. The summed E-state index contributed by atoms with van der Waals surface area (Å²) in [6.07, 6.45) is 4.42. The van der Waals surface area contributed by atoms with E-state index >= 15 is 0 Å². The van der Waals surface area contributed by atoms with Gasteiger partial charge in [0.05, 0.1) is 5.60 Å². The van der Waals surface area contributed by atoms with E-state index in [1.54, 1.807) is 0 Å². The van der Waals surface area contributed by atoms with Gasteiger partial charge in [0.1, 0.15) is 10.5 Å². The predicted molar refractivity (Wildman–Crippen MR) is 54.3 cm³/mol. The molecule has 3 heteroatoms. The van der Waals surface area contributed by atoms with Crippen LogP contribution in [0.25, 0.3) is 0 Å². The lowest BCUT2D eigenvalue weighted by molar-refractivity contribution is 0.0608. The minimum atomic E-state index is 0.154. The lowest BCUT2D eigenvalue weighted by Gasteiger charge is -2.30. The molecule has 0 saturated heterocycles. The van der Waals surface area contributed by atoms with Crippen LogP contribution in [0.2, 0.25) is 0 Å². The Morgan fingerprint density at radius 1 is 1.36 bits per heavy atom. The maximum absolute atomic E-state index is 5.63. The molecule has 0 aromatic heterocycles. The molecule has 0 aromatic carbocycles. The van der Waals surface area contributed by atoms with Crippen molar-refractivity contribution in [1.82, 2.24) is 0 Å². The van der Waals surface area contributed by atoms with Gasteiger partial charge in [-0.3, -0.25) is 0 Å². The number of rotatable bonds is 6. The molecule has 0 radical (unpaired) electrons. The zero-order valence-electron chi connectivity index (χ0n) is 7.82. The van der Waals surface area contributed by atoms with Crippen molar-refractivity contribution in [2.24, 2.45) is 0 Å². The van der Waals surface area contributed by atoms with Crippen LogP contribution in [-0.4, -0.2) is 22.0 Å². The first kappa shape index (κ1) is 11.5. The van der Waals surface area contributed by atoms with E-state index in [1.165, 1.54) is 0 Å². The van der Waals surface area contributed by atoms with E-state index in [0.717, 1.165) is 42.0 Å². The van der Waals surface area contributed by atoms with E-state index in [2.05, 4.69) is 13.8 Å². The van der Waals surface area contributed by atoms with Crippen molar-refractivity contribution in [2.75, 3.05) is 5.88 Å². The minimum absolute atomic E-state index is 0.154. The first-order chi connectivity index (χ1) is 5.24. The van der Waals surface area contributed by atoms with Crippen LogP contribution in [0.5, 0.6) is 0 Å². The van der Waals surface area contributed by atoms with Crippen molar-refractivity contribution in [3.8, 4) is 0 Å². The summed E-state index contributed by atoms with van der Waals surface area (Å²) in [7, 11) is 0.839. The highest BCUT2D eigenvalue weighted by Gasteiger charge is 2.23. The summed E-state index contributed by atoms with van der Waals surface area (Å²) in [6, 6.07) is 0. The van der Waals surface area contributed by atoms with Crippen molar-refractivity contribution >= 4 is 22.1 Å². The average Bonchev–Trinajstić information content (AvgIpc) is 2.08. The molecule has 0 aliphatic carbocycles. The summed E-state index contributed by atoms with van der Waals surface area (Å²) in [5.41, 5.74) is 0.154. The second-order valence-electron chi connectivity index (χ2n) is 2.89. The van der Waals surface area contributed by atoms with Crippen LogP contribution in [0.4, 0.5) is 0 Å². The molecule has 0 unspecified atom stereocenters. The summed E-state index contributed by atoms with van der Waals surface area (Å²) in [5.74, 6) is 0.757. The van der Waals surface area contributed by atoms with Crippen LogP contribution in [0.1, 0.15) is 39.5 Å². The summed E-state index contributed by atoms with van der Waals surface area (Å²) in [5, 5.41) is 0. The third kappa shape index (κ3) is 3.59. The largest absolute Gasteiger partial charge is 0.422 e. The molecule has 0 spiro atoms. The monoisotopic (exact) mass is 194 g/mol. The summed E-state index contributed by atoms with van der Waals surface area (Å²) < 4.78 is 5.62. The molecule has 0 rings (SSSR count). The highest BCUT2D eigenvalue weighted by Crippen LogP contribution is 2.25. The van der Waals surface area contributed by atoms with E-state index in [0.29, 0.717) is 0 Å². The average molecular weight is 195 g/mol. The molecule has 0 atom stereocenters. The zero-order chi connectivity index (χ0) is 8.74. The van der Waals surface area contributed by atoms with Gasteiger partial charge in [0.25, 0.3) is 0 Å². The van der Waals surface area contributed by atoms with Crippen LogP contribution < -0.4 is 0 Å². The second-order valence-corrected chi connectivity index (χ2v) is 3.67. The predicted octanol–water partition coefficient (Wildman–Crippen LogP) is 1.86. The summed E-state index contributed by atoms with van der Waals surface area (Å²) in [6.45, 7) is 4.38. The summed E-state index contributed by atoms with van der Waals surface area (Å²) in [4.78, 5) is 0. The number of hydrogen-bond donors (Lipinski definition) is 0. The molecule has 0 saturated carbocycles. The van der Waals surface area contributed by atoms with Gasteiger partial charge in [-0.2, -0.15) is 0 Å². The van der Waals surface area contributed by atoms with Gasteiger partial charge in [0.2, 0.25) is 0 Å². The molecule has 0 aliphatic heterocycles. The van der Waals surface area contributed by atoms with Crippen LogP contribution in [0, 0.1) is 0 Å². The Kier molecular flexibility index (Phi) is 6.29. The van der Waals surface area contributed by atoms with Gasteiger partial charge in [-0.05, 0) is 25.7 Å². The fourth-order valence-electron chi connectivity index (χ4n) is 1.38. The molecule has 1 nitrogen and oxygen atoms in total. The Morgan fingerprint density at radius 3 is 2.18 bits per heavy atom. The molecular weight excluding hydrogens is 176 g/mol. The quantitative estimate of drug-likeness (QED) is 0.464. The number of halogens is 1. The van der Waals surface area contributed by atoms with Crippen LogP contribution in [-0.2, 0) is 4.43 Å². The van der Waals surface area contributed by atoms with E-state index in [4.69, 9.17) is 16.0 Å². The van der Waals surface area contributed by atoms with Gasteiger partial charge in [0.15, 0.2) is 0 Å². The molecule has 0 bridgehead atoms. The Bertz CT molecular complexity index is 85.8. The highest BCUT2D eigenvalue weighted by molar-refractivity contribution is 6.17. The summed E-state index contributed by atoms with van der Waals surface area (Å²) >= 11 is 5.63. The highest BCUT2D eigenvalue weighted by atomic mass is 35.5. The van der Waals surface area contributed by atoms with Crippen molar-refractivity contribution in [3.63, 3.8) is 0 Å². The zero-order valence-corrected chi connectivity index (χ0v) is 10.6. The molecule has 0 aromatic rings. The van der Waals surface area contributed by atoms with Crippen molar-refractivity contribution in [1.29, 1.82) is 0 Å². The van der Waals surface area contributed by atoms with Gasteiger partial charge in [-0.25, -0.2) is 0 Å². The fourth-order valence-corrected chi connectivity index (χ4v) is 2.30.